The van der Waals surface area contributed by atoms with Gasteiger partial charge >= 0.3 is 0 Å². The average molecular weight is 215 g/mol. The molecule has 0 radical (unpaired) electrons. The predicted molar refractivity (Wildman–Crippen MR) is 59.2 cm³/mol. The zero-order valence-corrected chi connectivity index (χ0v) is 9.65. The summed E-state index contributed by atoms with van der Waals surface area (Å²) >= 11 is 6.23. The highest BCUT2D eigenvalue weighted by molar-refractivity contribution is 6.29. The summed E-state index contributed by atoms with van der Waals surface area (Å²) in [5.41, 5.74) is 0. The Hall–Kier alpha value is -0.170. The zero-order valence-electron chi connectivity index (χ0n) is 8.89. The van der Waals surface area contributed by atoms with E-state index in [2.05, 4.69) is 6.92 Å². The van der Waals surface area contributed by atoms with Crippen molar-refractivity contribution in [2.75, 3.05) is 0 Å². The molecule has 0 spiro atoms. The number of ether oxygens (including phenoxy) is 1. The van der Waals surface area contributed by atoms with Crippen molar-refractivity contribution in [3.05, 3.63) is 10.8 Å². The lowest BCUT2D eigenvalue weighted by Crippen LogP contribution is -2.06. The van der Waals surface area contributed by atoms with Crippen LogP contribution in [0.25, 0.3) is 0 Å². The Morgan fingerprint density at radius 3 is 3.07 bits per heavy atom. The number of hydrogen-bond acceptors (Lipinski definition) is 1. The van der Waals surface area contributed by atoms with Gasteiger partial charge in [0.25, 0.3) is 0 Å². The standard InChI is InChI=1S/C12H19ClO/c1-2-3-6-10(13)12-8-9-5-4-7-11(9)14-12/h9,11H,2-8H2,1H3/b12-10+/t9-,11-/m1/s1. The lowest BCUT2D eigenvalue weighted by Gasteiger charge is -2.08. The van der Waals surface area contributed by atoms with E-state index in [1.165, 1.54) is 32.1 Å². The molecule has 0 unspecified atom stereocenters. The largest absolute Gasteiger partial charge is 0.493 e. The number of unbranched alkanes of at least 4 members (excludes halogenated alkanes) is 1. The van der Waals surface area contributed by atoms with Gasteiger partial charge in [-0.05, 0) is 32.1 Å². The number of allylic oxidation sites excluding steroid dienone is 2. The fourth-order valence-electron chi connectivity index (χ4n) is 2.51. The van der Waals surface area contributed by atoms with Gasteiger partial charge in [-0.1, -0.05) is 24.9 Å². The summed E-state index contributed by atoms with van der Waals surface area (Å²) in [5, 5.41) is 0.987. The van der Waals surface area contributed by atoms with Crippen molar-refractivity contribution < 1.29 is 4.74 Å². The van der Waals surface area contributed by atoms with Gasteiger partial charge < -0.3 is 4.74 Å². The molecule has 2 aliphatic rings. The molecule has 1 saturated heterocycles. The minimum atomic E-state index is 0.500. The summed E-state index contributed by atoms with van der Waals surface area (Å²) in [4.78, 5) is 0. The van der Waals surface area contributed by atoms with Crippen LogP contribution in [-0.4, -0.2) is 6.10 Å². The van der Waals surface area contributed by atoms with Gasteiger partial charge in [-0.3, -0.25) is 0 Å². The van der Waals surface area contributed by atoms with Crippen molar-refractivity contribution in [2.45, 2.75) is 58.0 Å². The van der Waals surface area contributed by atoms with Crippen LogP contribution in [0.15, 0.2) is 10.8 Å². The van der Waals surface area contributed by atoms with Crippen molar-refractivity contribution >= 4 is 11.6 Å². The molecule has 0 N–H and O–H groups in total. The summed E-state index contributed by atoms with van der Waals surface area (Å²) in [6.07, 6.45) is 8.92. The first-order valence-electron chi connectivity index (χ1n) is 5.85. The molecule has 1 aliphatic carbocycles. The van der Waals surface area contributed by atoms with Gasteiger partial charge in [-0.15, -0.1) is 0 Å². The normalized spacial score (nSPS) is 34.1. The number of hydrogen-bond donors (Lipinski definition) is 0. The van der Waals surface area contributed by atoms with Gasteiger partial charge in [-0.2, -0.15) is 0 Å². The summed E-state index contributed by atoms with van der Waals surface area (Å²) < 4.78 is 5.89. The summed E-state index contributed by atoms with van der Waals surface area (Å²) in [6, 6.07) is 0. The highest BCUT2D eigenvalue weighted by Crippen LogP contribution is 2.42. The van der Waals surface area contributed by atoms with E-state index in [4.69, 9.17) is 16.3 Å². The molecule has 1 saturated carbocycles. The Bertz CT molecular complexity index is 220. The third-order valence-corrected chi connectivity index (χ3v) is 3.78. The fourth-order valence-corrected chi connectivity index (χ4v) is 2.76. The van der Waals surface area contributed by atoms with Crippen LogP contribution in [0.5, 0.6) is 0 Å². The van der Waals surface area contributed by atoms with Crippen LogP contribution < -0.4 is 0 Å². The lowest BCUT2D eigenvalue weighted by molar-refractivity contribution is 0.146. The molecule has 0 aromatic heterocycles. The topological polar surface area (TPSA) is 9.23 Å². The number of halogens is 1. The molecule has 2 fully saturated rings. The molecular weight excluding hydrogens is 196 g/mol. The first kappa shape index (κ1) is 10.4. The van der Waals surface area contributed by atoms with Crippen molar-refractivity contribution in [1.82, 2.24) is 0 Å². The van der Waals surface area contributed by atoms with Crippen molar-refractivity contribution in [2.24, 2.45) is 5.92 Å². The maximum Gasteiger partial charge on any atom is 0.111 e. The van der Waals surface area contributed by atoms with Crippen LogP contribution in [0.3, 0.4) is 0 Å². The third kappa shape index (κ3) is 2.08. The number of rotatable bonds is 3. The predicted octanol–water partition coefficient (Wildman–Crippen LogP) is 4.22. The maximum atomic E-state index is 6.23. The molecule has 2 atom stereocenters. The fraction of sp³-hybridized carbons (Fsp3) is 0.833. The van der Waals surface area contributed by atoms with E-state index in [0.717, 1.165) is 29.6 Å². The Kier molecular flexibility index (Phi) is 3.38. The summed E-state index contributed by atoms with van der Waals surface area (Å²) in [6.45, 7) is 2.19. The van der Waals surface area contributed by atoms with Crippen LogP contribution in [0.4, 0.5) is 0 Å². The molecular formula is C12H19ClO. The van der Waals surface area contributed by atoms with Crippen LogP contribution in [0, 0.1) is 5.92 Å². The minimum absolute atomic E-state index is 0.500. The molecule has 0 aromatic rings. The van der Waals surface area contributed by atoms with Crippen LogP contribution >= 0.6 is 11.6 Å². The van der Waals surface area contributed by atoms with E-state index in [0.29, 0.717) is 6.10 Å². The lowest BCUT2D eigenvalue weighted by atomic mass is 10.0. The van der Waals surface area contributed by atoms with Crippen molar-refractivity contribution in [3.63, 3.8) is 0 Å². The molecule has 14 heavy (non-hydrogen) atoms. The van der Waals surface area contributed by atoms with Crippen LogP contribution in [0.1, 0.15) is 51.9 Å². The first-order chi connectivity index (χ1) is 6.81. The minimum Gasteiger partial charge on any atom is -0.493 e. The zero-order chi connectivity index (χ0) is 9.97. The molecule has 1 aliphatic heterocycles. The smallest absolute Gasteiger partial charge is 0.111 e. The maximum absolute atomic E-state index is 6.23. The molecule has 80 valence electrons. The second-order valence-corrected chi connectivity index (χ2v) is 4.94. The Balaban J connectivity index is 1.93. The highest BCUT2D eigenvalue weighted by Gasteiger charge is 2.36. The Morgan fingerprint density at radius 1 is 1.50 bits per heavy atom. The molecule has 1 nitrogen and oxygen atoms in total. The first-order valence-corrected chi connectivity index (χ1v) is 6.23. The van der Waals surface area contributed by atoms with E-state index in [-0.39, 0.29) is 0 Å². The molecule has 0 aromatic carbocycles. The number of fused-ring (bicyclic) bond motifs is 1. The SMILES string of the molecule is CCCC/C(Cl)=C1/C[C@H]2CCC[C@H]2O1. The van der Waals surface area contributed by atoms with Gasteiger partial charge in [0.15, 0.2) is 0 Å². The van der Waals surface area contributed by atoms with Gasteiger partial charge in [0.05, 0.1) is 5.03 Å². The third-order valence-electron chi connectivity index (χ3n) is 3.38. The van der Waals surface area contributed by atoms with Gasteiger partial charge in [-0.25, -0.2) is 0 Å². The monoisotopic (exact) mass is 214 g/mol. The molecule has 2 heteroatoms. The van der Waals surface area contributed by atoms with E-state index in [1.807, 2.05) is 0 Å². The molecule has 1 heterocycles. The van der Waals surface area contributed by atoms with E-state index in [9.17, 15) is 0 Å². The van der Waals surface area contributed by atoms with Gasteiger partial charge in [0.2, 0.25) is 0 Å². The highest BCUT2D eigenvalue weighted by atomic mass is 35.5. The molecule has 0 amide bonds. The second kappa shape index (κ2) is 4.57. The molecule has 0 bridgehead atoms. The van der Waals surface area contributed by atoms with Gasteiger partial charge in [0, 0.05) is 12.3 Å². The summed E-state index contributed by atoms with van der Waals surface area (Å²) in [5.74, 6) is 1.88. The van der Waals surface area contributed by atoms with Crippen molar-refractivity contribution in [3.8, 4) is 0 Å². The average Bonchev–Trinajstić information content (AvgIpc) is 2.72. The Labute approximate surface area is 91.5 Å². The second-order valence-electron chi connectivity index (χ2n) is 4.48. The van der Waals surface area contributed by atoms with Crippen molar-refractivity contribution in [1.29, 1.82) is 0 Å². The Morgan fingerprint density at radius 2 is 2.36 bits per heavy atom. The van der Waals surface area contributed by atoms with E-state index < -0.39 is 0 Å². The van der Waals surface area contributed by atoms with Gasteiger partial charge in [0.1, 0.15) is 11.9 Å². The van der Waals surface area contributed by atoms with E-state index in [1.54, 1.807) is 0 Å². The van der Waals surface area contributed by atoms with E-state index >= 15 is 0 Å². The quantitative estimate of drug-likeness (QED) is 0.684. The summed E-state index contributed by atoms with van der Waals surface area (Å²) in [7, 11) is 0. The van der Waals surface area contributed by atoms with Crippen LogP contribution in [-0.2, 0) is 4.74 Å². The van der Waals surface area contributed by atoms with Crippen LogP contribution in [0.2, 0.25) is 0 Å². The molecule has 2 rings (SSSR count).